The molecule has 0 saturated heterocycles. The number of imidazole rings is 1. The summed E-state index contributed by atoms with van der Waals surface area (Å²) < 4.78 is 4.82. The fraction of sp³-hybridized carbons (Fsp3) is 0. The largest absolute Gasteiger partial charge is 0.293 e. The maximum atomic E-state index is 5.16. The summed E-state index contributed by atoms with van der Waals surface area (Å²) in [6.07, 6.45) is 0. The third-order valence-corrected chi connectivity index (χ3v) is 11.8. The van der Waals surface area contributed by atoms with Gasteiger partial charge in [-0.05, 0) is 74.6 Å². The van der Waals surface area contributed by atoms with Crippen LogP contribution in [-0.4, -0.2) is 23.9 Å². The van der Waals surface area contributed by atoms with E-state index in [1.165, 1.54) is 27.5 Å². The van der Waals surface area contributed by atoms with Crippen molar-refractivity contribution in [2.24, 2.45) is 0 Å². The molecule has 0 aliphatic heterocycles. The Labute approximate surface area is 346 Å². The molecule has 3 aromatic heterocycles. The molecule has 5 heteroatoms. The average Bonchev–Trinajstić information content (AvgIpc) is 3.84. The molecule has 12 rings (SSSR count). The number of hydrogen-bond donors (Lipinski definition) is 0. The summed E-state index contributed by atoms with van der Waals surface area (Å²) in [4.78, 5) is 15.5. The van der Waals surface area contributed by atoms with Crippen LogP contribution in [0.25, 0.3) is 111 Å². The molecule has 0 radical (unpaired) electrons. The quantitative estimate of drug-likeness (QED) is 0.169. The van der Waals surface area contributed by atoms with Crippen molar-refractivity contribution in [3.05, 3.63) is 212 Å². The number of rotatable bonds is 6. The first-order chi connectivity index (χ1) is 29.8. The van der Waals surface area contributed by atoms with E-state index in [1.807, 2.05) is 0 Å². The van der Waals surface area contributed by atoms with Crippen LogP contribution in [0, 0.1) is 0 Å². The summed E-state index contributed by atoms with van der Waals surface area (Å²) in [5.74, 6) is 1.93. The van der Waals surface area contributed by atoms with Gasteiger partial charge in [-0.1, -0.05) is 176 Å². The van der Waals surface area contributed by atoms with Crippen molar-refractivity contribution in [3.63, 3.8) is 0 Å². The number of aromatic nitrogens is 5. The van der Waals surface area contributed by atoms with Crippen molar-refractivity contribution < 1.29 is 0 Å². The number of fused-ring (bicyclic) bond motifs is 7. The predicted molar refractivity (Wildman–Crippen MR) is 247 cm³/mol. The van der Waals surface area contributed by atoms with Gasteiger partial charge in [0.2, 0.25) is 0 Å². The van der Waals surface area contributed by atoms with Gasteiger partial charge in [-0.25, -0.2) is 15.0 Å². The average molecular weight is 766 g/mol. The second-order valence-corrected chi connectivity index (χ2v) is 15.2. The summed E-state index contributed by atoms with van der Waals surface area (Å²) >= 11 is 0. The maximum absolute atomic E-state index is 5.16. The second-order valence-electron chi connectivity index (χ2n) is 15.2. The van der Waals surface area contributed by atoms with Crippen LogP contribution in [0.3, 0.4) is 0 Å². The van der Waals surface area contributed by atoms with Crippen LogP contribution in [0.2, 0.25) is 0 Å². The molecule has 3 heterocycles. The van der Waals surface area contributed by atoms with E-state index in [4.69, 9.17) is 15.0 Å². The molecule has 0 aliphatic carbocycles. The molecule has 60 heavy (non-hydrogen) atoms. The number of benzene rings is 9. The third kappa shape index (κ3) is 5.44. The van der Waals surface area contributed by atoms with Gasteiger partial charge in [0.15, 0.2) is 17.5 Å². The van der Waals surface area contributed by atoms with Crippen molar-refractivity contribution in [2.75, 3.05) is 0 Å². The van der Waals surface area contributed by atoms with E-state index in [0.717, 1.165) is 66.3 Å². The Hall–Kier alpha value is -8.15. The Morgan fingerprint density at radius 1 is 0.317 bits per heavy atom. The minimum Gasteiger partial charge on any atom is -0.293 e. The van der Waals surface area contributed by atoms with Crippen LogP contribution in [0.5, 0.6) is 0 Å². The summed E-state index contributed by atoms with van der Waals surface area (Å²) in [5, 5.41) is 5.72. The normalized spacial score (nSPS) is 11.7. The molecule has 0 aliphatic rings. The van der Waals surface area contributed by atoms with Gasteiger partial charge < -0.3 is 0 Å². The summed E-state index contributed by atoms with van der Waals surface area (Å²) in [6, 6.07) is 75.1. The van der Waals surface area contributed by atoms with Crippen LogP contribution in [-0.2, 0) is 0 Å². The molecule has 0 amide bonds. The van der Waals surface area contributed by atoms with Crippen molar-refractivity contribution in [1.82, 2.24) is 23.9 Å². The van der Waals surface area contributed by atoms with Gasteiger partial charge in [0.1, 0.15) is 5.65 Å². The van der Waals surface area contributed by atoms with Crippen LogP contribution in [0.1, 0.15) is 0 Å². The molecule has 0 saturated carbocycles. The fourth-order valence-corrected chi connectivity index (χ4v) is 9.01. The molecule has 5 nitrogen and oxygen atoms in total. The first-order valence-electron chi connectivity index (χ1n) is 20.3. The number of nitrogens with zero attached hydrogens (tertiary/aromatic N) is 5. The van der Waals surface area contributed by atoms with E-state index in [9.17, 15) is 0 Å². The molecule has 0 fully saturated rings. The molecular formula is C55H35N5. The third-order valence-electron chi connectivity index (χ3n) is 11.8. The van der Waals surface area contributed by atoms with Gasteiger partial charge >= 0.3 is 0 Å². The van der Waals surface area contributed by atoms with Gasteiger partial charge in [0, 0.05) is 33.3 Å². The highest BCUT2D eigenvalue weighted by molar-refractivity contribution is 6.09. The van der Waals surface area contributed by atoms with E-state index in [2.05, 4.69) is 221 Å². The zero-order valence-corrected chi connectivity index (χ0v) is 32.4. The van der Waals surface area contributed by atoms with E-state index < -0.39 is 0 Å². The highest BCUT2D eigenvalue weighted by Crippen LogP contribution is 2.42. The van der Waals surface area contributed by atoms with Crippen LogP contribution < -0.4 is 0 Å². The standard InChI is InChI=1S/C55H35N5/c1-2-21-42(22-3-1)59-49-29-10-11-30-50(49)60-48-28-9-8-25-47(48)51(55(59)60)41-20-12-19-40(35-41)36-31-33-39(34-32-36)52-56-53(45-26-13-17-37-15-4-6-23-43(37)45)58-54(57-52)46-27-14-18-38-16-5-7-24-44(38)46/h1-35H. The van der Waals surface area contributed by atoms with Crippen LogP contribution in [0.15, 0.2) is 212 Å². The minimum atomic E-state index is 0.632. The lowest BCUT2D eigenvalue weighted by atomic mass is 9.97. The van der Waals surface area contributed by atoms with Gasteiger partial charge in [-0.2, -0.15) is 0 Å². The molecule has 0 bridgehead atoms. The molecular weight excluding hydrogens is 731 g/mol. The minimum absolute atomic E-state index is 0.632. The predicted octanol–water partition coefficient (Wildman–Crippen LogP) is 13.9. The van der Waals surface area contributed by atoms with Crippen molar-refractivity contribution in [2.45, 2.75) is 0 Å². The Morgan fingerprint density at radius 3 is 1.50 bits per heavy atom. The Kier molecular flexibility index (Phi) is 7.78. The lowest BCUT2D eigenvalue weighted by molar-refractivity contribution is 1.08. The van der Waals surface area contributed by atoms with Crippen molar-refractivity contribution in [3.8, 4) is 62.1 Å². The van der Waals surface area contributed by atoms with Crippen LogP contribution in [0.4, 0.5) is 0 Å². The zero-order chi connectivity index (χ0) is 39.6. The van der Waals surface area contributed by atoms with E-state index >= 15 is 0 Å². The Bertz CT molecular complexity index is 3490. The van der Waals surface area contributed by atoms with Gasteiger partial charge in [0.25, 0.3) is 0 Å². The highest BCUT2D eigenvalue weighted by atomic mass is 15.1. The lowest BCUT2D eigenvalue weighted by Crippen LogP contribution is -2.01. The van der Waals surface area contributed by atoms with E-state index in [0.29, 0.717) is 17.5 Å². The smallest absolute Gasteiger partial charge is 0.164 e. The Balaban J connectivity index is 0.998. The lowest BCUT2D eigenvalue weighted by Gasteiger charge is -2.12. The molecule has 9 aromatic carbocycles. The number of para-hydroxylation sites is 4. The second kappa shape index (κ2) is 13.8. The molecule has 0 N–H and O–H groups in total. The Morgan fingerprint density at radius 2 is 0.817 bits per heavy atom. The van der Waals surface area contributed by atoms with Gasteiger partial charge in [0.05, 0.1) is 16.6 Å². The topological polar surface area (TPSA) is 48.0 Å². The molecule has 0 unspecified atom stereocenters. The first-order valence-corrected chi connectivity index (χ1v) is 20.3. The molecule has 280 valence electrons. The fourth-order valence-electron chi connectivity index (χ4n) is 9.01. The number of hydrogen-bond acceptors (Lipinski definition) is 3. The monoisotopic (exact) mass is 765 g/mol. The van der Waals surface area contributed by atoms with Gasteiger partial charge in [-0.3, -0.25) is 8.97 Å². The molecule has 0 atom stereocenters. The zero-order valence-electron chi connectivity index (χ0n) is 32.4. The maximum Gasteiger partial charge on any atom is 0.164 e. The summed E-state index contributed by atoms with van der Waals surface area (Å²) in [6.45, 7) is 0. The van der Waals surface area contributed by atoms with Gasteiger partial charge in [-0.15, -0.1) is 0 Å². The van der Waals surface area contributed by atoms with Crippen molar-refractivity contribution in [1.29, 1.82) is 0 Å². The summed E-state index contributed by atoms with van der Waals surface area (Å²) in [5.41, 5.74) is 13.3. The molecule has 0 spiro atoms. The summed E-state index contributed by atoms with van der Waals surface area (Å²) in [7, 11) is 0. The molecule has 12 aromatic rings. The van der Waals surface area contributed by atoms with Crippen LogP contribution >= 0.6 is 0 Å². The van der Waals surface area contributed by atoms with Crippen molar-refractivity contribution >= 4 is 49.1 Å². The van der Waals surface area contributed by atoms with E-state index in [1.54, 1.807) is 0 Å². The van der Waals surface area contributed by atoms with E-state index in [-0.39, 0.29) is 0 Å². The first kappa shape index (κ1) is 33.9. The SMILES string of the molecule is c1ccc(-n2c3ccccc3n3c4ccccc4c(-c4cccc(-c5ccc(-c6nc(-c7cccc8ccccc78)nc(-c7cccc8ccccc78)n6)cc5)c4)c23)cc1. The highest BCUT2D eigenvalue weighted by Gasteiger charge is 2.22.